The Labute approximate surface area is 174 Å². The normalized spacial score (nSPS) is 20.8. The Kier molecular flexibility index (Phi) is 8.15. The van der Waals surface area contributed by atoms with Crippen LogP contribution in [0.5, 0.6) is 0 Å². The van der Waals surface area contributed by atoms with Gasteiger partial charge < -0.3 is 10.2 Å². The molecule has 1 unspecified atom stereocenters. The van der Waals surface area contributed by atoms with Crippen molar-refractivity contribution in [1.29, 1.82) is 0 Å². The lowest BCUT2D eigenvalue weighted by molar-refractivity contribution is 0.259. The molecule has 2 aliphatic heterocycles. The molecule has 1 fully saturated rings. The van der Waals surface area contributed by atoms with Crippen molar-refractivity contribution in [3.05, 3.63) is 46.2 Å². The van der Waals surface area contributed by atoms with Crippen LogP contribution in [0.3, 0.4) is 0 Å². The van der Waals surface area contributed by atoms with E-state index in [1.165, 1.54) is 6.42 Å². The van der Waals surface area contributed by atoms with Crippen LogP contribution in [-0.2, 0) is 6.54 Å². The lowest BCUT2D eigenvalue weighted by Crippen LogP contribution is -2.42. The molecule has 0 amide bonds. The molecule has 0 saturated carbocycles. The maximum Gasteiger partial charge on any atom is 0.194 e. The first kappa shape index (κ1) is 20.6. The molecular weight excluding hydrogens is 498 g/mol. The summed E-state index contributed by atoms with van der Waals surface area (Å²) in [5.41, 5.74) is 0.880. The van der Waals surface area contributed by atoms with Crippen LogP contribution in [0.25, 0.3) is 0 Å². The highest BCUT2D eigenvalue weighted by atomic mass is 127. The van der Waals surface area contributed by atoms with E-state index in [2.05, 4.69) is 50.1 Å². The van der Waals surface area contributed by atoms with E-state index in [1.807, 2.05) is 6.07 Å². The molecule has 3 rings (SSSR count). The summed E-state index contributed by atoms with van der Waals surface area (Å²) in [7, 11) is 0. The van der Waals surface area contributed by atoms with Crippen molar-refractivity contribution in [3.63, 3.8) is 0 Å². The number of rotatable bonds is 4. The average Bonchev–Trinajstić information content (AvgIpc) is 3.25. The number of hydrogen-bond acceptors (Lipinski definition) is 2. The van der Waals surface area contributed by atoms with Gasteiger partial charge in [-0.15, -0.1) is 24.0 Å². The molecule has 138 valence electrons. The minimum Gasteiger partial charge on any atom is -0.357 e. The van der Waals surface area contributed by atoms with Crippen LogP contribution in [0, 0.1) is 5.82 Å². The Morgan fingerprint density at radius 1 is 1.36 bits per heavy atom. The minimum absolute atomic E-state index is 0. The van der Waals surface area contributed by atoms with Gasteiger partial charge in [0.15, 0.2) is 5.96 Å². The molecular formula is C18H25BrFIN4. The summed E-state index contributed by atoms with van der Waals surface area (Å²) in [5, 5.41) is 3.37. The lowest BCUT2D eigenvalue weighted by atomic mass is 10.2. The summed E-state index contributed by atoms with van der Waals surface area (Å²) < 4.78 is 14.1. The van der Waals surface area contributed by atoms with Gasteiger partial charge in [0.2, 0.25) is 0 Å². The van der Waals surface area contributed by atoms with E-state index in [4.69, 9.17) is 4.99 Å². The van der Waals surface area contributed by atoms with Crippen molar-refractivity contribution in [2.24, 2.45) is 4.99 Å². The Morgan fingerprint density at radius 3 is 2.80 bits per heavy atom. The zero-order valence-electron chi connectivity index (χ0n) is 14.4. The van der Waals surface area contributed by atoms with Crippen LogP contribution in [0.15, 0.2) is 39.8 Å². The number of likely N-dealkylation sites (tertiary alicyclic amines) is 1. The van der Waals surface area contributed by atoms with E-state index < -0.39 is 0 Å². The fourth-order valence-electron chi connectivity index (χ4n) is 3.25. The van der Waals surface area contributed by atoms with E-state index >= 15 is 0 Å². The van der Waals surface area contributed by atoms with E-state index in [0.717, 1.165) is 44.2 Å². The third kappa shape index (κ3) is 5.40. The van der Waals surface area contributed by atoms with Crippen molar-refractivity contribution in [2.45, 2.75) is 25.9 Å². The Morgan fingerprint density at radius 2 is 2.12 bits per heavy atom. The van der Waals surface area contributed by atoms with E-state index in [0.29, 0.717) is 17.1 Å². The van der Waals surface area contributed by atoms with Gasteiger partial charge in [-0.2, -0.15) is 0 Å². The largest absolute Gasteiger partial charge is 0.357 e. The summed E-state index contributed by atoms with van der Waals surface area (Å²) in [4.78, 5) is 9.54. The molecule has 2 aliphatic rings. The molecule has 2 heterocycles. The molecule has 1 atom stereocenters. The number of aliphatic imine (C=N–C) groups is 1. The van der Waals surface area contributed by atoms with Gasteiger partial charge in [0.25, 0.3) is 0 Å². The second kappa shape index (κ2) is 9.87. The molecule has 0 aromatic heterocycles. The van der Waals surface area contributed by atoms with E-state index in [-0.39, 0.29) is 29.8 Å². The zero-order valence-corrected chi connectivity index (χ0v) is 18.3. The van der Waals surface area contributed by atoms with Gasteiger partial charge in [0, 0.05) is 38.8 Å². The van der Waals surface area contributed by atoms with Gasteiger partial charge >= 0.3 is 0 Å². The predicted octanol–water partition coefficient (Wildman–Crippen LogP) is 3.62. The number of nitrogens with one attached hydrogen (secondary N) is 1. The Bertz CT molecular complexity index is 630. The molecule has 0 radical (unpaired) electrons. The summed E-state index contributed by atoms with van der Waals surface area (Å²) >= 11 is 3.19. The van der Waals surface area contributed by atoms with Crippen LogP contribution < -0.4 is 5.32 Å². The fourth-order valence-corrected chi connectivity index (χ4v) is 3.50. The molecule has 1 saturated heterocycles. The number of halogens is 3. The lowest BCUT2D eigenvalue weighted by Gasteiger charge is -2.25. The van der Waals surface area contributed by atoms with Crippen molar-refractivity contribution >= 4 is 45.9 Å². The van der Waals surface area contributed by atoms with E-state index in [1.54, 1.807) is 12.1 Å². The van der Waals surface area contributed by atoms with Gasteiger partial charge in [-0.25, -0.2) is 9.38 Å². The standard InChI is InChI=1S/C18H24BrFN4.HI/c1-2-21-18(22-12-14-5-6-16(19)17(20)11-14)24-10-7-15(13-24)23-8-3-4-9-23;/h3-6,11,15H,2,7-10,12-13H2,1H3,(H,21,22);1H. The summed E-state index contributed by atoms with van der Waals surface area (Å²) in [6, 6.07) is 5.77. The average molecular weight is 523 g/mol. The summed E-state index contributed by atoms with van der Waals surface area (Å²) in [6.45, 7) is 7.53. The molecule has 0 aliphatic carbocycles. The van der Waals surface area contributed by atoms with Crippen LogP contribution in [0.1, 0.15) is 18.9 Å². The van der Waals surface area contributed by atoms with Gasteiger partial charge in [0.05, 0.1) is 11.0 Å². The summed E-state index contributed by atoms with van der Waals surface area (Å²) in [6.07, 6.45) is 5.65. The van der Waals surface area contributed by atoms with Crippen molar-refractivity contribution < 1.29 is 4.39 Å². The molecule has 1 N–H and O–H groups in total. The van der Waals surface area contributed by atoms with Crippen LogP contribution >= 0.6 is 39.9 Å². The first-order valence-corrected chi connectivity index (χ1v) is 9.33. The number of nitrogens with zero attached hydrogens (tertiary/aromatic N) is 3. The highest BCUT2D eigenvalue weighted by Crippen LogP contribution is 2.19. The molecule has 0 spiro atoms. The topological polar surface area (TPSA) is 30.9 Å². The van der Waals surface area contributed by atoms with E-state index in [9.17, 15) is 4.39 Å². The zero-order chi connectivity index (χ0) is 16.9. The highest BCUT2D eigenvalue weighted by Gasteiger charge is 2.29. The van der Waals surface area contributed by atoms with Gasteiger partial charge in [-0.3, -0.25) is 4.90 Å². The molecule has 1 aromatic carbocycles. The predicted molar refractivity (Wildman–Crippen MR) is 115 cm³/mol. The number of hydrogen-bond donors (Lipinski definition) is 1. The Hall–Kier alpha value is -0.670. The molecule has 1 aromatic rings. The minimum atomic E-state index is -0.240. The smallest absolute Gasteiger partial charge is 0.194 e. The van der Waals surface area contributed by atoms with Gasteiger partial charge in [-0.05, 0) is 47.0 Å². The third-order valence-corrected chi connectivity index (χ3v) is 5.20. The maximum atomic E-state index is 13.6. The number of guanidine groups is 1. The monoisotopic (exact) mass is 522 g/mol. The first-order valence-electron chi connectivity index (χ1n) is 8.53. The molecule has 4 nitrogen and oxygen atoms in total. The fraction of sp³-hybridized carbons (Fsp3) is 0.500. The maximum absolute atomic E-state index is 13.6. The second-order valence-electron chi connectivity index (χ2n) is 6.23. The number of benzene rings is 1. The van der Waals surface area contributed by atoms with Crippen LogP contribution in [-0.4, -0.2) is 54.5 Å². The Balaban J connectivity index is 0.00000225. The highest BCUT2D eigenvalue weighted by molar-refractivity contribution is 14.0. The van der Waals surface area contributed by atoms with Crippen molar-refractivity contribution in [3.8, 4) is 0 Å². The molecule has 0 bridgehead atoms. The summed E-state index contributed by atoms with van der Waals surface area (Å²) in [5.74, 6) is 0.686. The second-order valence-corrected chi connectivity index (χ2v) is 7.09. The molecule has 7 heteroatoms. The third-order valence-electron chi connectivity index (χ3n) is 4.56. The first-order chi connectivity index (χ1) is 11.7. The quantitative estimate of drug-likeness (QED) is 0.283. The van der Waals surface area contributed by atoms with Gasteiger partial charge in [0.1, 0.15) is 5.82 Å². The van der Waals surface area contributed by atoms with Crippen LogP contribution in [0.4, 0.5) is 4.39 Å². The van der Waals surface area contributed by atoms with Crippen LogP contribution in [0.2, 0.25) is 0 Å². The van der Waals surface area contributed by atoms with Crippen molar-refractivity contribution in [2.75, 3.05) is 32.7 Å². The van der Waals surface area contributed by atoms with Crippen molar-refractivity contribution in [1.82, 2.24) is 15.1 Å². The SMILES string of the molecule is CCNC(=NCc1ccc(Br)c(F)c1)N1CCC(N2CC=CC2)C1.I. The van der Waals surface area contributed by atoms with Gasteiger partial charge in [-0.1, -0.05) is 18.2 Å². The molecule has 25 heavy (non-hydrogen) atoms.